The summed E-state index contributed by atoms with van der Waals surface area (Å²) in [5.41, 5.74) is 8.35. The van der Waals surface area contributed by atoms with E-state index in [1.54, 1.807) is 6.07 Å². The number of nitrogen functional groups attached to an aromatic ring is 1. The van der Waals surface area contributed by atoms with Crippen molar-refractivity contribution < 1.29 is 9.53 Å². The summed E-state index contributed by atoms with van der Waals surface area (Å²) in [5, 5.41) is 9.36. The Morgan fingerprint density at radius 2 is 1.72 bits per heavy atom. The van der Waals surface area contributed by atoms with Gasteiger partial charge in [-0.2, -0.15) is 0 Å². The van der Waals surface area contributed by atoms with Gasteiger partial charge in [-0.1, -0.05) is 26.8 Å². The average Bonchev–Trinajstić information content (AvgIpc) is 2.24. The lowest BCUT2D eigenvalue weighted by molar-refractivity contribution is 0.272. The largest absolute Gasteiger partial charge is 0.413 e. The second-order valence-electron chi connectivity index (χ2n) is 6.29. The molecule has 0 fully saturated rings. The first-order valence-electron chi connectivity index (χ1n) is 6.29. The standard InChI is InChI=1S/C14H25NO2Si/c1-14(2,3)18(4,5)17-10-12-6-11(9-16)7-13(15)8-12/h6-8,16H,9-10,15H2,1-5H3. The second kappa shape index (κ2) is 5.43. The molecule has 3 N–H and O–H groups in total. The molecular formula is C14H25NO2Si. The monoisotopic (exact) mass is 267 g/mol. The normalized spacial score (nSPS) is 12.8. The Labute approximate surface area is 111 Å². The van der Waals surface area contributed by atoms with Crippen LogP contribution in [0.2, 0.25) is 18.1 Å². The van der Waals surface area contributed by atoms with Crippen molar-refractivity contribution in [3.63, 3.8) is 0 Å². The molecule has 0 saturated carbocycles. The summed E-state index contributed by atoms with van der Waals surface area (Å²) in [6.07, 6.45) is 0. The quantitative estimate of drug-likeness (QED) is 0.650. The fourth-order valence-electron chi connectivity index (χ4n) is 1.45. The Morgan fingerprint density at radius 1 is 1.17 bits per heavy atom. The molecule has 18 heavy (non-hydrogen) atoms. The fourth-order valence-corrected chi connectivity index (χ4v) is 2.41. The Balaban J connectivity index is 2.78. The molecule has 0 spiro atoms. The zero-order valence-electron chi connectivity index (χ0n) is 12.1. The van der Waals surface area contributed by atoms with Crippen molar-refractivity contribution in [1.29, 1.82) is 0 Å². The molecule has 102 valence electrons. The molecule has 0 heterocycles. The highest BCUT2D eigenvalue weighted by Crippen LogP contribution is 2.37. The van der Waals surface area contributed by atoms with Crippen LogP contribution in [-0.4, -0.2) is 13.4 Å². The summed E-state index contributed by atoms with van der Waals surface area (Å²) in [6, 6.07) is 5.64. The van der Waals surface area contributed by atoms with Crippen LogP contribution < -0.4 is 5.73 Å². The van der Waals surface area contributed by atoms with Crippen molar-refractivity contribution in [2.24, 2.45) is 0 Å². The van der Waals surface area contributed by atoms with Crippen LogP contribution in [0, 0.1) is 0 Å². The number of anilines is 1. The molecule has 0 amide bonds. The molecule has 0 radical (unpaired) electrons. The van der Waals surface area contributed by atoms with Crippen LogP contribution in [0.3, 0.4) is 0 Å². The number of aliphatic hydroxyl groups excluding tert-OH is 1. The van der Waals surface area contributed by atoms with Crippen LogP contribution in [0.5, 0.6) is 0 Å². The first-order valence-corrected chi connectivity index (χ1v) is 9.20. The molecule has 3 nitrogen and oxygen atoms in total. The Bertz CT molecular complexity index is 411. The topological polar surface area (TPSA) is 55.5 Å². The van der Waals surface area contributed by atoms with Crippen molar-refractivity contribution in [2.75, 3.05) is 5.73 Å². The van der Waals surface area contributed by atoms with E-state index in [-0.39, 0.29) is 11.6 Å². The van der Waals surface area contributed by atoms with Gasteiger partial charge in [-0.3, -0.25) is 0 Å². The van der Waals surface area contributed by atoms with Crippen LogP contribution in [0.4, 0.5) is 5.69 Å². The van der Waals surface area contributed by atoms with E-state index >= 15 is 0 Å². The lowest BCUT2D eigenvalue weighted by atomic mass is 10.1. The van der Waals surface area contributed by atoms with Gasteiger partial charge in [0.15, 0.2) is 8.32 Å². The van der Waals surface area contributed by atoms with Gasteiger partial charge in [0.05, 0.1) is 13.2 Å². The molecule has 0 atom stereocenters. The minimum atomic E-state index is -1.74. The van der Waals surface area contributed by atoms with E-state index in [0.717, 1.165) is 11.1 Å². The summed E-state index contributed by atoms with van der Waals surface area (Å²) >= 11 is 0. The molecule has 1 rings (SSSR count). The van der Waals surface area contributed by atoms with E-state index in [9.17, 15) is 0 Å². The molecule has 4 heteroatoms. The van der Waals surface area contributed by atoms with E-state index in [0.29, 0.717) is 12.3 Å². The fraction of sp³-hybridized carbons (Fsp3) is 0.571. The third-order valence-corrected chi connectivity index (χ3v) is 8.14. The summed E-state index contributed by atoms with van der Waals surface area (Å²) in [7, 11) is -1.74. The van der Waals surface area contributed by atoms with Crippen molar-refractivity contribution in [1.82, 2.24) is 0 Å². The van der Waals surface area contributed by atoms with Crippen molar-refractivity contribution in [3.8, 4) is 0 Å². The molecule has 0 aliphatic rings. The Hall–Kier alpha value is -0.843. The van der Waals surface area contributed by atoms with Crippen LogP contribution in [-0.2, 0) is 17.6 Å². The number of rotatable bonds is 4. The number of benzene rings is 1. The van der Waals surface area contributed by atoms with Crippen molar-refractivity contribution >= 4 is 14.0 Å². The predicted octanol–water partition coefficient (Wildman–Crippen LogP) is 3.28. The van der Waals surface area contributed by atoms with E-state index in [1.807, 2.05) is 12.1 Å². The van der Waals surface area contributed by atoms with E-state index in [1.165, 1.54) is 0 Å². The van der Waals surface area contributed by atoms with Crippen molar-refractivity contribution in [3.05, 3.63) is 29.3 Å². The maximum atomic E-state index is 9.16. The zero-order valence-corrected chi connectivity index (χ0v) is 13.1. The summed E-state index contributed by atoms with van der Waals surface area (Å²) in [5.74, 6) is 0. The van der Waals surface area contributed by atoms with Crippen LogP contribution >= 0.6 is 0 Å². The highest BCUT2D eigenvalue weighted by Gasteiger charge is 2.36. The van der Waals surface area contributed by atoms with Gasteiger partial charge in [0.25, 0.3) is 0 Å². The van der Waals surface area contributed by atoms with Gasteiger partial charge in [0.2, 0.25) is 0 Å². The van der Waals surface area contributed by atoms with Crippen molar-refractivity contribution in [2.45, 2.75) is 52.1 Å². The molecule has 0 unspecified atom stereocenters. The molecule has 0 aliphatic heterocycles. The molecule has 0 aromatic heterocycles. The number of hydrogen-bond donors (Lipinski definition) is 2. The molecule has 1 aromatic rings. The first-order chi connectivity index (χ1) is 8.15. The van der Waals surface area contributed by atoms with Crippen LogP contribution in [0.25, 0.3) is 0 Å². The van der Waals surface area contributed by atoms with Gasteiger partial charge in [0.1, 0.15) is 0 Å². The van der Waals surface area contributed by atoms with E-state index < -0.39 is 8.32 Å². The Morgan fingerprint density at radius 3 is 2.22 bits per heavy atom. The van der Waals surface area contributed by atoms with Gasteiger partial charge in [0, 0.05) is 5.69 Å². The minimum absolute atomic E-state index is 0.0120. The minimum Gasteiger partial charge on any atom is -0.413 e. The van der Waals surface area contributed by atoms with Gasteiger partial charge in [-0.25, -0.2) is 0 Å². The maximum Gasteiger partial charge on any atom is 0.192 e. The number of hydrogen-bond acceptors (Lipinski definition) is 3. The summed E-state index contributed by atoms with van der Waals surface area (Å²) in [4.78, 5) is 0. The van der Waals surface area contributed by atoms with Gasteiger partial charge in [-0.05, 0) is 41.4 Å². The predicted molar refractivity (Wildman–Crippen MR) is 78.8 cm³/mol. The first kappa shape index (κ1) is 15.2. The lowest BCUT2D eigenvalue weighted by Gasteiger charge is -2.36. The SMILES string of the molecule is CC(C)(C)[Si](C)(C)OCc1cc(N)cc(CO)c1. The third kappa shape index (κ3) is 3.83. The van der Waals surface area contributed by atoms with Crippen LogP contribution in [0.15, 0.2) is 18.2 Å². The van der Waals surface area contributed by atoms with Gasteiger partial charge in [-0.15, -0.1) is 0 Å². The third-order valence-electron chi connectivity index (χ3n) is 3.66. The zero-order chi connectivity index (χ0) is 14.0. The Kier molecular flexibility index (Phi) is 4.59. The molecular weight excluding hydrogens is 242 g/mol. The van der Waals surface area contributed by atoms with Gasteiger partial charge < -0.3 is 15.3 Å². The smallest absolute Gasteiger partial charge is 0.192 e. The highest BCUT2D eigenvalue weighted by molar-refractivity contribution is 6.74. The van der Waals surface area contributed by atoms with E-state index in [2.05, 4.69) is 33.9 Å². The maximum absolute atomic E-state index is 9.16. The second-order valence-corrected chi connectivity index (χ2v) is 11.1. The highest BCUT2D eigenvalue weighted by atomic mass is 28.4. The number of nitrogens with two attached hydrogens (primary N) is 1. The average molecular weight is 267 g/mol. The van der Waals surface area contributed by atoms with Crippen LogP contribution in [0.1, 0.15) is 31.9 Å². The molecule has 0 bridgehead atoms. The van der Waals surface area contributed by atoms with E-state index in [4.69, 9.17) is 15.3 Å². The molecule has 0 aliphatic carbocycles. The lowest BCUT2D eigenvalue weighted by Crippen LogP contribution is -2.40. The summed E-state index contributed by atoms with van der Waals surface area (Å²) in [6.45, 7) is 11.7. The molecule has 0 saturated heterocycles. The summed E-state index contributed by atoms with van der Waals surface area (Å²) < 4.78 is 6.14. The molecule has 1 aromatic carbocycles. The number of aliphatic hydroxyl groups is 1. The van der Waals surface area contributed by atoms with Gasteiger partial charge >= 0.3 is 0 Å².